The maximum absolute atomic E-state index is 6.92. The molecule has 56 heavy (non-hydrogen) atoms. The van der Waals surface area contributed by atoms with Crippen molar-refractivity contribution >= 4 is 98.9 Å². The van der Waals surface area contributed by atoms with Crippen LogP contribution in [0.15, 0.2) is 182 Å². The van der Waals surface area contributed by atoms with E-state index >= 15 is 0 Å². The van der Waals surface area contributed by atoms with E-state index in [1.165, 1.54) is 0 Å². The van der Waals surface area contributed by atoms with Gasteiger partial charge in [-0.1, -0.05) is 115 Å². The van der Waals surface area contributed by atoms with Crippen LogP contribution in [0, 0.1) is 0 Å². The quantitative estimate of drug-likeness (QED) is 0.197. The third-order valence-corrected chi connectivity index (χ3v) is 11.6. The van der Waals surface area contributed by atoms with E-state index in [2.05, 4.69) is 131 Å². The zero-order valence-electron chi connectivity index (χ0n) is 29.8. The van der Waals surface area contributed by atoms with Crippen molar-refractivity contribution in [1.82, 2.24) is 9.88 Å². The van der Waals surface area contributed by atoms with Crippen molar-refractivity contribution in [3.63, 3.8) is 0 Å². The van der Waals surface area contributed by atoms with Crippen LogP contribution in [0.5, 0.6) is 0 Å². The highest BCUT2D eigenvalue weighted by Crippen LogP contribution is 2.50. The Kier molecular flexibility index (Phi) is 5.86. The summed E-state index contributed by atoms with van der Waals surface area (Å²) < 4.78 is 22.5. The topological polar surface area (TPSA) is 68.7 Å². The minimum absolute atomic E-state index is 0.208. The van der Waals surface area contributed by atoms with Gasteiger partial charge >= 0.3 is 0 Å². The molecule has 1 aliphatic heterocycles. The van der Waals surface area contributed by atoms with Crippen LogP contribution in [-0.4, -0.2) is 10.4 Å². The van der Waals surface area contributed by atoms with Crippen LogP contribution in [0.4, 0.5) is 5.69 Å². The molecule has 1 N–H and O–H groups in total. The van der Waals surface area contributed by atoms with E-state index in [9.17, 15) is 0 Å². The van der Waals surface area contributed by atoms with E-state index in [-0.39, 0.29) is 6.04 Å². The molecule has 8 aromatic carbocycles. The SMILES string of the molecule is c1ccc(C2=Nc3c(oc4ccc(-n5c6ccccc6c6c7oc8ccccc8c7c7c(ccc8oc9ccccc9c87)c65)cc34)C(c3ccccc3)N2)cc1. The zero-order valence-corrected chi connectivity index (χ0v) is 29.8. The molecule has 262 valence electrons. The molecule has 1 atom stereocenters. The predicted molar refractivity (Wildman–Crippen MR) is 227 cm³/mol. The number of rotatable bonds is 3. The lowest BCUT2D eigenvalue weighted by atomic mass is 9.95. The summed E-state index contributed by atoms with van der Waals surface area (Å²) in [6.45, 7) is 0. The molecule has 1 aliphatic rings. The van der Waals surface area contributed by atoms with Crippen molar-refractivity contribution in [3.05, 3.63) is 181 Å². The van der Waals surface area contributed by atoms with Gasteiger partial charge in [-0.3, -0.25) is 0 Å². The molecule has 0 bridgehead atoms. The molecule has 0 amide bonds. The number of aliphatic imine (C=N–C) groups is 1. The maximum atomic E-state index is 6.92. The molecule has 0 saturated heterocycles. The van der Waals surface area contributed by atoms with Gasteiger partial charge in [0.1, 0.15) is 45.5 Å². The average Bonchev–Trinajstić information content (AvgIpc) is 4.02. The standard InChI is InChI=1S/C50H29N3O3/c1-3-13-28(14-4-1)45-49-46(52-50(51-45)29-15-5-2-6-16-29)35-27-30(23-25-39(35)56-49)53-36-20-10-7-17-31(36)44-47(53)34-24-26-40-41(32-18-8-11-21-37(32)54-40)42(34)43-33-19-9-12-22-38(33)55-48(43)44/h1-27,45H,(H,51,52). The van der Waals surface area contributed by atoms with E-state index in [4.69, 9.17) is 18.2 Å². The first-order valence-electron chi connectivity index (χ1n) is 18.9. The molecule has 1 unspecified atom stereocenters. The molecule has 6 nitrogen and oxygen atoms in total. The van der Waals surface area contributed by atoms with Gasteiger partial charge in [-0.15, -0.1) is 0 Å². The maximum Gasteiger partial charge on any atom is 0.157 e. The number of aromatic nitrogens is 1. The van der Waals surface area contributed by atoms with Crippen molar-refractivity contribution < 1.29 is 13.3 Å². The first-order chi connectivity index (χ1) is 27.8. The second kappa shape index (κ2) is 11.0. The highest BCUT2D eigenvalue weighted by atomic mass is 16.3. The molecule has 0 radical (unpaired) electrons. The molecule has 0 fully saturated rings. The summed E-state index contributed by atoms with van der Waals surface area (Å²) >= 11 is 0. The fourth-order valence-corrected chi connectivity index (χ4v) is 9.25. The summed E-state index contributed by atoms with van der Waals surface area (Å²) in [6, 6.07) is 56.7. The molecular weight excluding hydrogens is 691 g/mol. The van der Waals surface area contributed by atoms with E-state index in [1.54, 1.807) is 0 Å². The van der Waals surface area contributed by atoms with Crippen molar-refractivity contribution in [3.8, 4) is 5.69 Å². The Hall–Kier alpha value is -7.57. The lowest BCUT2D eigenvalue weighted by Crippen LogP contribution is -2.32. The third kappa shape index (κ3) is 3.97. The number of benzene rings is 8. The van der Waals surface area contributed by atoms with Gasteiger partial charge in [0.2, 0.25) is 0 Å². The van der Waals surface area contributed by atoms with Crippen LogP contribution in [0.1, 0.15) is 22.9 Å². The van der Waals surface area contributed by atoms with Gasteiger partial charge in [0, 0.05) is 54.3 Å². The number of amidine groups is 1. The predicted octanol–water partition coefficient (Wildman–Crippen LogP) is 13.3. The lowest BCUT2D eigenvalue weighted by molar-refractivity contribution is 0.503. The third-order valence-electron chi connectivity index (χ3n) is 11.6. The minimum Gasteiger partial charge on any atom is -0.456 e. The normalized spacial score (nSPS) is 14.5. The van der Waals surface area contributed by atoms with Crippen molar-refractivity contribution in [1.29, 1.82) is 0 Å². The van der Waals surface area contributed by atoms with Crippen LogP contribution < -0.4 is 5.32 Å². The number of fused-ring (bicyclic) bond motifs is 17. The Balaban J connectivity index is 1.17. The molecule has 13 rings (SSSR count). The highest BCUT2D eigenvalue weighted by Gasteiger charge is 2.31. The molecule has 0 saturated carbocycles. The van der Waals surface area contributed by atoms with Crippen molar-refractivity contribution in [2.75, 3.05) is 0 Å². The highest BCUT2D eigenvalue weighted by molar-refractivity contribution is 6.40. The van der Waals surface area contributed by atoms with Gasteiger partial charge in [-0.2, -0.15) is 0 Å². The fourth-order valence-electron chi connectivity index (χ4n) is 9.25. The zero-order chi connectivity index (χ0) is 36.5. The number of furan rings is 3. The van der Waals surface area contributed by atoms with Crippen LogP contribution in [0.3, 0.4) is 0 Å². The Morgan fingerprint density at radius 2 is 1.14 bits per heavy atom. The average molecular weight is 720 g/mol. The Morgan fingerprint density at radius 1 is 0.482 bits per heavy atom. The molecule has 12 aromatic rings. The van der Waals surface area contributed by atoms with Crippen molar-refractivity contribution in [2.24, 2.45) is 4.99 Å². The molecular formula is C50H29N3O3. The van der Waals surface area contributed by atoms with E-state index in [1.807, 2.05) is 42.5 Å². The fraction of sp³-hybridized carbons (Fsp3) is 0.0200. The van der Waals surface area contributed by atoms with Crippen LogP contribution >= 0.6 is 0 Å². The van der Waals surface area contributed by atoms with Gasteiger partial charge in [-0.05, 0) is 54.1 Å². The van der Waals surface area contributed by atoms with Gasteiger partial charge < -0.3 is 23.1 Å². The smallest absolute Gasteiger partial charge is 0.157 e. The molecule has 0 spiro atoms. The molecule has 5 heterocycles. The second-order valence-corrected chi connectivity index (χ2v) is 14.6. The van der Waals surface area contributed by atoms with Gasteiger partial charge in [0.15, 0.2) is 5.76 Å². The number of para-hydroxylation sites is 3. The van der Waals surface area contributed by atoms with Crippen molar-refractivity contribution in [2.45, 2.75) is 6.04 Å². The van der Waals surface area contributed by atoms with E-state index in [0.29, 0.717) is 0 Å². The monoisotopic (exact) mass is 719 g/mol. The van der Waals surface area contributed by atoms with Gasteiger partial charge in [0.05, 0.1) is 16.4 Å². The van der Waals surface area contributed by atoms with Gasteiger partial charge in [0.25, 0.3) is 0 Å². The lowest BCUT2D eigenvalue weighted by Gasteiger charge is -2.24. The minimum atomic E-state index is -0.208. The molecule has 4 aromatic heterocycles. The Morgan fingerprint density at radius 3 is 1.96 bits per heavy atom. The summed E-state index contributed by atoms with van der Waals surface area (Å²) in [5, 5.41) is 13.5. The second-order valence-electron chi connectivity index (χ2n) is 14.6. The number of hydrogen-bond acceptors (Lipinski definition) is 5. The van der Waals surface area contributed by atoms with Gasteiger partial charge in [-0.25, -0.2) is 4.99 Å². The first kappa shape index (κ1) is 29.8. The van der Waals surface area contributed by atoms with Crippen LogP contribution in [-0.2, 0) is 0 Å². The number of hydrogen-bond donors (Lipinski definition) is 1. The summed E-state index contributed by atoms with van der Waals surface area (Å²) in [7, 11) is 0. The molecule has 6 heteroatoms. The summed E-state index contributed by atoms with van der Waals surface area (Å²) in [5.74, 6) is 1.61. The van der Waals surface area contributed by atoms with E-state index in [0.717, 1.165) is 122 Å². The Labute approximate surface area is 318 Å². The first-order valence-corrected chi connectivity index (χ1v) is 18.9. The Bertz CT molecular complexity index is 3620. The molecule has 0 aliphatic carbocycles. The summed E-state index contributed by atoms with van der Waals surface area (Å²) in [6.07, 6.45) is 0. The summed E-state index contributed by atoms with van der Waals surface area (Å²) in [5.41, 5.74) is 10.4. The van der Waals surface area contributed by atoms with Crippen LogP contribution in [0.2, 0.25) is 0 Å². The van der Waals surface area contributed by atoms with E-state index < -0.39 is 0 Å². The number of nitrogens with one attached hydrogen (secondary N) is 1. The number of nitrogens with zero attached hydrogens (tertiary/aromatic N) is 2. The van der Waals surface area contributed by atoms with Crippen LogP contribution in [0.25, 0.3) is 93.1 Å². The summed E-state index contributed by atoms with van der Waals surface area (Å²) in [4.78, 5) is 5.28. The largest absolute Gasteiger partial charge is 0.456 e.